The van der Waals surface area contributed by atoms with Crippen LogP contribution >= 0.6 is 0 Å². The monoisotopic (exact) mass is 175 g/mol. The Bertz CT molecular complexity index is 291. The number of nitrogens with zero attached hydrogens (tertiary/aromatic N) is 1. The summed E-state index contributed by atoms with van der Waals surface area (Å²) in [6.07, 6.45) is 2.00. The Balaban J connectivity index is 3.00. The highest BCUT2D eigenvalue weighted by Gasteiger charge is 1.98. The lowest BCUT2D eigenvalue weighted by Crippen LogP contribution is -1.87. The highest BCUT2D eigenvalue weighted by Crippen LogP contribution is 2.22. The lowest BCUT2D eigenvalue weighted by Gasteiger charge is -2.03. The minimum Gasteiger partial charge on any atom is -0.260 e. The quantitative estimate of drug-likeness (QED) is 0.608. The molecule has 0 unspecified atom stereocenters. The Kier molecular flexibility index (Phi) is 3.24. The second-order valence-corrected chi connectivity index (χ2v) is 3.76. The lowest BCUT2D eigenvalue weighted by molar-refractivity contribution is 0.907. The molecule has 0 radical (unpaired) electrons. The van der Waals surface area contributed by atoms with Crippen molar-refractivity contribution in [3.63, 3.8) is 0 Å². The third-order valence-corrected chi connectivity index (χ3v) is 1.94. The van der Waals surface area contributed by atoms with E-state index in [1.165, 1.54) is 11.1 Å². The molecule has 1 aromatic carbocycles. The molecule has 0 fully saturated rings. The van der Waals surface area contributed by atoms with Crippen LogP contribution in [0.1, 0.15) is 25.0 Å². The SMILES string of the molecule is Cc1cccc(C)c1N=CC(C)C. The minimum absolute atomic E-state index is 0.513. The average molecular weight is 175 g/mol. The molecular weight excluding hydrogens is 158 g/mol. The molecule has 0 amide bonds. The van der Waals surface area contributed by atoms with Gasteiger partial charge in [0.05, 0.1) is 5.69 Å². The zero-order chi connectivity index (χ0) is 9.84. The fourth-order valence-corrected chi connectivity index (χ4v) is 1.23. The summed E-state index contributed by atoms with van der Waals surface area (Å²) < 4.78 is 0. The second-order valence-electron chi connectivity index (χ2n) is 3.76. The molecule has 13 heavy (non-hydrogen) atoms. The van der Waals surface area contributed by atoms with E-state index in [0.717, 1.165) is 5.69 Å². The van der Waals surface area contributed by atoms with Gasteiger partial charge in [-0.3, -0.25) is 4.99 Å². The van der Waals surface area contributed by atoms with Gasteiger partial charge in [0.15, 0.2) is 0 Å². The van der Waals surface area contributed by atoms with Gasteiger partial charge in [-0.15, -0.1) is 0 Å². The van der Waals surface area contributed by atoms with E-state index in [4.69, 9.17) is 0 Å². The van der Waals surface area contributed by atoms with Crippen molar-refractivity contribution in [3.05, 3.63) is 29.3 Å². The predicted molar refractivity (Wildman–Crippen MR) is 58.9 cm³/mol. The van der Waals surface area contributed by atoms with E-state index in [-0.39, 0.29) is 0 Å². The van der Waals surface area contributed by atoms with Crippen molar-refractivity contribution in [2.45, 2.75) is 27.7 Å². The molecule has 0 aromatic heterocycles. The highest BCUT2D eigenvalue weighted by atomic mass is 14.7. The maximum atomic E-state index is 4.48. The van der Waals surface area contributed by atoms with Crippen molar-refractivity contribution in [3.8, 4) is 0 Å². The number of aryl methyl sites for hydroxylation is 2. The van der Waals surface area contributed by atoms with E-state index < -0.39 is 0 Å². The Morgan fingerprint density at radius 3 is 2.15 bits per heavy atom. The van der Waals surface area contributed by atoms with Crippen molar-refractivity contribution in [2.75, 3.05) is 0 Å². The minimum atomic E-state index is 0.513. The first-order valence-electron chi connectivity index (χ1n) is 4.71. The summed E-state index contributed by atoms with van der Waals surface area (Å²) in [4.78, 5) is 4.48. The van der Waals surface area contributed by atoms with Gasteiger partial charge in [-0.25, -0.2) is 0 Å². The predicted octanol–water partition coefficient (Wildman–Crippen LogP) is 3.66. The van der Waals surface area contributed by atoms with E-state index in [0.29, 0.717) is 5.92 Å². The third kappa shape index (κ3) is 2.69. The number of aliphatic imine (C=N–C) groups is 1. The van der Waals surface area contributed by atoms with Crippen LogP contribution in [-0.4, -0.2) is 6.21 Å². The molecule has 70 valence electrons. The van der Waals surface area contributed by atoms with Gasteiger partial charge in [0.25, 0.3) is 0 Å². The molecule has 0 saturated carbocycles. The molecule has 0 atom stereocenters. The van der Waals surface area contributed by atoms with Crippen molar-refractivity contribution >= 4 is 11.9 Å². The van der Waals surface area contributed by atoms with E-state index in [9.17, 15) is 0 Å². The van der Waals surface area contributed by atoms with Gasteiger partial charge < -0.3 is 0 Å². The largest absolute Gasteiger partial charge is 0.260 e. The molecule has 0 saturated heterocycles. The highest BCUT2D eigenvalue weighted by molar-refractivity contribution is 5.67. The van der Waals surface area contributed by atoms with Crippen LogP contribution in [0.25, 0.3) is 0 Å². The Morgan fingerprint density at radius 2 is 1.69 bits per heavy atom. The van der Waals surface area contributed by atoms with Gasteiger partial charge in [-0.1, -0.05) is 32.0 Å². The molecule has 0 spiro atoms. The van der Waals surface area contributed by atoms with Gasteiger partial charge >= 0.3 is 0 Å². The van der Waals surface area contributed by atoms with Gasteiger partial charge in [-0.05, 0) is 30.9 Å². The number of benzene rings is 1. The zero-order valence-corrected chi connectivity index (χ0v) is 8.83. The summed E-state index contributed by atoms with van der Waals surface area (Å²) in [6, 6.07) is 6.26. The molecule has 0 N–H and O–H groups in total. The Labute approximate surface area is 80.5 Å². The van der Waals surface area contributed by atoms with E-state index >= 15 is 0 Å². The number of hydrogen-bond donors (Lipinski definition) is 0. The van der Waals surface area contributed by atoms with Crippen molar-refractivity contribution in [2.24, 2.45) is 10.9 Å². The summed E-state index contributed by atoms with van der Waals surface area (Å²) in [5.41, 5.74) is 3.62. The number of rotatable bonds is 2. The molecule has 0 bridgehead atoms. The Morgan fingerprint density at radius 1 is 1.15 bits per heavy atom. The molecule has 1 aromatic rings. The molecule has 0 aliphatic heterocycles. The first-order valence-corrected chi connectivity index (χ1v) is 4.71. The third-order valence-electron chi connectivity index (χ3n) is 1.94. The normalized spacial score (nSPS) is 11.5. The fourth-order valence-electron chi connectivity index (χ4n) is 1.23. The zero-order valence-electron chi connectivity index (χ0n) is 8.83. The topological polar surface area (TPSA) is 12.4 Å². The fraction of sp³-hybridized carbons (Fsp3) is 0.417. The van der Waals surface area contributed by atoms with Gasteiger partial charge in [-0.2, -0.15) is 0 Å². The van der Waals surface area contributed by atoms with Crippen molar-refractivity contribution in [1.29, 1.82) is 0 Å². The molecular formula is C12H17N. The Hall–Kier alpha value is -1.11. The van der Waals surface area contributed by atoms with Crippen molar-refractivity contribution in [1.82, 2.24) is 0 Å². The summed E-state index contributed by atoms with van der Waals surface area (Å²) in [5.74, 6) is 0.513. The molecule has 0 aliphatic rings. The summed E-state index contributed by atoms with van der Waals surface area (Å²) in [7, 11) is 0. The van der Waals surface area contributed by atoms with Crippen LogP contribution in [0.15, 0.2) is 23.2 Å². The molecule has 1 rings (SSSR count). The van der Waals surface area contributed by atoms with E-state index in [2.05, 4.69) is 50.9 Å². The number of para-hydroxylation sites is 1. The van der Waals surface area contributed by atoms with Crippen LogP contribution in [0.2, 0.25) is 0 Å². The lowest BCUT2D eigenvalue weighted by atomic mass is 10.1. The van der Waals surface area contributed by atoms with E-state index in [1.54, 1.807) is 0 Å². The van der Waals surface area contributed by atoms with Crippen LogP contribution in [0, 0.1) is 19.8 Å². The summed E-state index contributed by atoms with van der Waals surface area (Å²) in [6.45, 7) is 8.47. The first kappa shape index (κ1) is 9.97. The molecule has 1 nitrogen and oxygen atoms in total. The molecule has 0 heterocycles. The summed E-state index contributed by atoms with van der Waals surface area (Å²) >= 11 is 0. The van der Waals surface area contributed by atoms with Gasteiger partial charge in [0.1, 0.15) is 0 Å². The van der Waals surface area contributed by atoms with Crippen LogP contribution in [0.4, 0.5) is 5.69 Å². The average Bonchev–Trinajstić information content (AvgIpc) is 2.03. The first-order chi connectivity index (χ1) is 6.11. The second kappa shape index (κ2) is 4.22. The van der Waals surface area contributed by atoms with Gasteiger partial charge in [0.2, 0.25) is 0 Å². The van der Waals surface area contributed by atoms with E-state index in [1.807, 2.05) is 6.21 Å². The van der Waals surface area contributed by atoms with Crippen LogP contribution in [-0.2, 0) is 0 Å². The maximum absolute atomic E-state index is 4.48. The number of hydrogen-bond acceptors (Lipinski definition) is 1. The smallest absolute Gasteiger partial charge is 0.0684 e. The molecule has 1 heteroatoms. The van der Waals surface area contributed by atoms with Gasteiger partial charge in [0, 0.05) is 6.21 Å². The maximum Gasteiger partial charge on any atom is 0.0684 e. The van der Waals surface area contributed by atoms with Crippen LogP contribution in [0.3, 0.4) is 0 Å². The van der Waals surface area contributed by atoms with Crippen LogP contribution < -0.4 is 0 Å². The summed E-state index contributed by atoms with van der Waals surface area (Å²) in [5, 5.41) is 0. The van der Waals surface area contributed by atoms with Crippen molar-refractivity contribution < 1.29 is 0 Å². The standard InChI is InChI=1S/C12H17N/c1-9(2)8-13-12-10(3)6-5-7-11(12)4/h5-9H,1-4H3. The molecule has 0 aliphatic carbocycles. The van der Waals surface area contributed by atoms with Crippen LogP contribution in [0.5, 0.6) is 0 Å².